The first-order valence-electron chi connectivity index (χ1n) is 6.59. The molecule has 0 aromatic heterocycles. The third kappa shape index (κ3) is 3.86. The van der Waals surface area contributed by atoms with Gasteiger partial charge in [-0.05, 0) is 43.6 Å². The summed E-state index contributed by atoms with van der Waals surface area (Å²) in [5, 5.41) is 1.33. The second-order valence-corrected chi connectivity index (χ2v) is 5.83. The lowest BCUT2D eigenvalue weighted by Gasteiger charge is -2.24. The molecule has 0 aliphatic carbocycles. The molecule has 0 spiro atoms. The largest absolute Gasteiger partial charge is 0.323 e. The van der Waals surface area contributed by atoms with Crippen LogP contribution in [0.1, 0.15) is 37.3 Å². The van der Waals surface area contributed by atoms with Crippen molar-refractivity contribution < 1.29 is 0 Å². The summed E-state index contributed by atoms with van der Waals surface area (Å²) < 4.78 is 0. The Morgan fingerprint density at radius 2 is 1.78 bits per heavy atom. The van der Waals surface area contributed by atoms with E-state index in [1.54, 1.807) is 6.07 Å². The summed E-state index contributed by atoms with van der Waals surface area (Å²) in [6.45, 7) is 3.18. The zero-order valence-corrected chi connectivity index (χ0v) is 12.1. The summed E-state index contributed by atoms with van der Waals surface area (Å²) in [6, 6.07) is 5.52. The predicted octanol–water partition coefficient (Wildman–Crippen LogP) is 3.87. The first-order chi connectivity index (χ1) is 8.66. The highest BCUT2D eigenvalue weighted by molar-refractivity contribution is 6.35. The molecule has 4 heteroatoms. The molecule has 1 saturated heterocycles. The van der Waals surface area contributed by atoms with Gasteiger partial charge in [-0.2, -0.15) is 0 Å². The van der Waals surface area contributed by atoms with Gasteiger partial charge in [-0.25, -0.2) is 0 Å². The minimum absolute atomic E-state index is 0.0344. The Kier molecular flexibility index (Phi) is 5.31. The highest BCUT2D eigenvalue weighted by atomic mass is 35.5. The van der Waals surface area contributed by atoms with Crippen molar-refractivity contribution in [3.63, 3.8) is 0 Å². The monoisotopic (exact) mass is 286 g/mol. The zero-order chi connectivity index (χ0) is 13.0. The molecule has 2 rings (SSSR count). The maximum Gasteiger partial charge on any atom is 0.0469 e. The number of halogens is 2. The van der Waals surface area contributed by atoms with Crippen LogP contribution < -0.4 is 5.73 Å². The lowest BCUT2D eigenvalue weighted by Crippen LogP contribution is -2.33. The third-order valence-electron chi connectivity index (χ3n) is 3.52. The summed E-state index contributed by atoms with van der Waals surface area (Å²) in [5.74, 6) is 0. The van der Waals surface area contributed by atoms with Gasteiger partial charge < -0.3 is 10.6 Å². The van der Waals surface area contributed by atoms with Crippen molar-refractivity contribution in [1.29, 1.82) is 0 Å². The quantitative estimate of drug-likeness (QED) is 0.914. The smallest absolute Gasteiger partial charge is 0.0469 e. The number of nitrogens with zero attached hydrogens (tertiary/aromatic N) is 1. The molecule has 0 saturated carbocycles. The second kappa shape index (κ2) is 6.76. The maximum absolute atomic E-state index is 6.26. The zero-order valence-electron chi connectivity index (χ0n) is 10.5. The van der Waals surface area contributed by atoms with Gasteiger partial charge >= 0.3 is 0 Å². The summed E-state index contributed by atoms with van der Waals surface area (Å²) in [5.41, 5.74) is 7.25. The van der Waals surface area contributed by atoms with E-state index in [1.807, 2.05) is 12.1 Å². The molecule has 1 fully saturated rings. The van der Waals surface area contributed by atoms with E-state index in [2.05, 4.69) is 4.90 Å². The predicted molar refractivity (Wildman–Crippen MR) is 78.3 cm³/mol. The number of hydrogen-bond donors (Lipinski definition) is 1. The number of nitrogens with two attached hydrogens (primary N) is 1. The standard InChI is InChI=1S/C14H20Cl2N2/c15-11-5-6-12(13(16)9-11)14(17)10-18-7-3-1-2-4-8-18/h5-6,9,14H,1-4,7-8,10,17H2. The highest BCUT2D eigenvalue weighted by Gasteiger charge is 2.16. The van der Waals surface area contributed by atoms with E-state index in [-0.39, 0.29) is 6.04 Å². The van der Waals surface area contributed by atoms with Crippen LogP contribution >= 0.6 is 23.2 Å². The first-order valence-corrected chi connectivity index (χ1v) is 7.35. The van der Waals surface area contributed by atoms with E-state index < -0.39 is 0 Å². The van der Waals surface area contributed by atoms with Crippen molar-refractivity contribution in [2.24, 2.45) is 5.73 Å². The Morgan fingerprint density at radius 1 is 1.11 bits per heavy atom. The molecule has 0 radical (unpaired) electrons. The molecule has 1 aliphatic rings. The summed E-state index contributed by atoms with van der Waals surface area (Å²) in [7, 11) is 0. The Labute approximate surface area is 119 Å². The summed E-state index contributed by atoms with van der Waals surface area (Å²) in [4.78, 5) is 2.45. The van der Waals surface area contributed by atoms with Crippen LogP contribution in [0.25, 0.3) is 0 Å². The first kappa shape index (κ1) is 14.1. The number of benzene rings is 1. The maximum atomic E-state index is 6.26. The van der Waals surface area contributed by atoms with Crippen LogP contribution in [0, 0.1) is 0 Å². The van der Waals surface area contributed by atoms with E-state index in [0.717, 1.165) is 25.2 Å². The van der Waals surface area contributed by atoms with Crippen molar-refractivity contribution in [1.82, 2.24) is 4.90 Å². The van der Waals surface area contributed by atoms with Gasteiger partial charge in [0.15, 0.2) is 0 Å². The van der Waals surface area contributed by atoms with Crippen molar-refractivity contribution in [2.75, 3.05) is 19.6 Å². The van der Waals surface area contributed by atoms with E-state index in [0.29, 0.717) is 10.0 Å². The van der Waals surface area contributed by atoms with Crippen LogP contribution in [0.15, 0.2) is 18.2 Å². The lowest BCUT2D eigenvalue weighted by atomic mass is 10.1. The van der Waals surface area contributed by atoms with E-state index >= 15 is 0 Å². The SMILES string of the molecule is NC(CN1CCCCCC1)c1ccc(Cl)cc1Cl. The molecular formula is C14H20Cl2N2. The molecule has 1 heterocycles. The fourth-order valence-corrected chi connectivity index (χ4v) is 3.05. The van der Waals surface area contributed by atoms with Gasteiger partial charge in [0, 0.05) is 22.6 Å². The molecule has 1 aromatic carbocycles. The normalized spacial score (nSPS) is 19.5. The Morgan fingerprint density at radius 3 is 2.39 bits per heavy atom. The molecule has 0 bridgehead atoms. The summed E-state index contributed by atoms with van der Waals surface area (Å²) >= 11 is 12.1. The van der Waals surface area contributed by atoms with Gasteiger partial charge in [0.1, 0.15) is 0 Å². The molecule has 1 unspecified atom stereocenters. The van der Waals surface area contributed by atoms with E-state index in [9.17, 15) is 0 Å². The van der Waals surface area contributed by atoms with Crippen molar-refractivity contribution in [3.8, 4) is 0 Å². The van der Waals surface area contributed by atoms with Crippen molar-refractivity contribution in [2.45, 2.75) is 31.7 Å². The van der Waals surface area contributed by atoms with E-state index in [1.165, 1.54) is 25.7 Å². The number of hydrogen-bond acceptors (Lipinski definition) is 2. The molecule has 0 amide bonds. The summed E-state index contributed by atoms with van der Waals surface area (Å²) in [6.07, 6.45) is 5.24. The highest BCUT2D eigenvalue weighted by Crippen LogP contribution is 2.26. The average molecular weight is 287 g/mol. The van der Waals surface area contributed by atoms with Crippen LogP contribution in [-0.4, -0.2) is 24.5 Å². The van der Waals surface area contributed by atoms with Gasteiger partial charge in [0.2, 0.25) is 0 Å². The molecule has 1 aromatic rings. The lowest BCUT2D eigenvalue weighted by molar-refractivity contribution is 0.268. The minimum atomic E-state index is -0.0344. The molecule has 2 nitrogen and oxygen atoms in total. The number of likely N-dealkylation sites (tertiary alicyclic amines) is 1. The Hall–Kier alpha value is -0.280. The fourth-order valence-electron chi connectivity index (χ4n) is 2.50. The molecule has 1 atom stereocenters. The molecule has 2 N–H and O–H groups in total. The van der Waals surface area contributed by atoms with Crippen molar-refractivity contribution in [3.05, 3.63) is 33.8 Å². The van der Waals surface area contributed by atoms with Crippen LogP contribution in [0.5, 0.6) is 0 Å². The van der Waals surface area contributed by atoms with Gasteiger partial charge in [-0.3, -0.25) is 0 Å². The molecular weight excluding hydrogens is 267 g/mol. The average Bonchev–Trinajstić information content (AvgIpc) is 2.57. The van der Waals surface area contributed by atoms with Gasteiger partial charge in [-0.15, -0.1) is 0 Å². The van der Waals surface area contributed by atoms with Gasteiger partial charge in [-0.1, -0.05) is 42.1 Å². The van der Waals surface area contributed by atoms with Crippen LogP contribution in [-0.2, 0) is 0 Å². The second-order valence-electron chi connectivity index (χ2n) is 4.99. The number of rotatable bonds is 3. The van der Waals surface area contributed by atoms with Gasteiger partial charge in [0.05, 0.1) is 0 Å². The molecule has 1 aliphatic heterocycles. The topological polar surface area (TPSA) is 29.3 Å². The molecule has 100 valence electrons. The third-order valence-corrected chi connectivity index (χ3v) is 4.08. The minimum Gasteiger partial charge on any atom is -0.323 e. The van der Waals surface area contributed by atoms with Crippen molar-refractivity contribution >= 4 is 23.2 Å². The molecule has 18 heavy (non-hydrogen) atoms. The van der Waals surface area contributed by atoms with Crippen LogP contribution in [0.4, 0.5) is 0 Å². The van der Waals surface area contributed by atoms with E-state index in [4.69, 9.17) is 28.9 Å². The Bertz CT molecular complexity index is 387. The van der Waals surface area contributed by atoms with Crippen LogP contribution in [0.2, 0.25) is 10.0 Å². The van der Waals surface area contributed by atoms with Crippen LogP contribution in [0.3, 0.4) is 0 Å². The van der Waals surface area contributed by atoms with Gasteiger partial charge in [0.25, 0.3) is 0 Å². The Balaban J connectivity index is 1.99. The fraction of sp³-hybridized carbons (Fsp3) is 0.571.